The first kappa shape index (κ1) is 13.2. The van der Waals surface area contributed by atoms with Gasteiger partial charge in [0.1, 0.15) is 12.4 Å². The zero-order valence-corrected chi connectivity index (χ0v) is 9.56. The average molecular weight is 220 g/mol. The highest BCUT2D eigenvalue weighted by Gasteiger charge is 2.31. The second-order valence-electron chi connectivity index (χ2n) is 3.84. The molecule has 0 fully saturated rings. The molecule has 0 amide bonds. The molecule has 0 rings (SSSR count). The molecule has 0 aliphatic heterocycles. The Morgan fingerprint density at radius 3 is 2.29 bits per heavy atom. The molecule has 0 aliphatic rings. The van der Waals surface area contributed by atoms with Crippen LogP contribution in [-0.4, -0.2) is 31.5 Å². The molecule has 0 saturated carbocycles. The van der Waals surface area contributed by atoms with Gasteiger partial charge < -0.3 is 4.74 Å². The molecule has 0 atom stereocenters. The fourth-order valence-electron chi connectivity index (χ4n) is 0.565. The second-order valence-corrected chi connectivity index (χ2v) is 6.59. The van der Waals surface area contributed by atoms with Gasteiger partial charge in [-0.3, -0.25) is 4.79 Å². The molecule has 0 bridgehead atoms. The van der Waals surface area contributed by atoms with Crippen LogP contribution in [0.4, 0.5) is 0 Å². The number of ether oxygens (including phenoxy) is 1. The summed E-state index contributed by atoms with van der Waals surface area (Å²) in [6.45, 7) is 8.03. The van der Waals surface area contributed by atoms with E-state index in [1.165, 1.54) is 6.08 Å². The molecule has 0 radical (unpaired) electrons. The summed E-state index contributed by atoms with van der Waals surface area (Å²) in [5.41, 5.74) is 0. The monoisotopic (exact) mass is 220 g/mol. The predicted molar refractivity (Wildman–Crippen MR) is 54.7 cm³/mol. The maximum Gasteiger partial charge on any atom is 0.321 e. The van der Waals surface area contributed by atoms with Crippen LogP contribution in [-0.2, 0) is 19.4 Å². The lowest BCUT2D eigenvalue weighted by molar-refractivity contribution is -0.139. The molecule has 0 saturated heterocycles. The Balaban J connectivity index is 4.39. The molecule has 0 aliphatic carbocycles. The third-order valence-electron chi connectivity index (χ3n) is 1.60. The van der Waals surface area contributed by atoms with E-state index >= 15 is 0 Å². The van der Waals surface area contributed by atoms with E-state index in [9.17, 15) is 13.2 Å². The zero-order valence-electron chi connectivity index (χ0n) is 8.74. The molecule has 0 aromatic heterocycles. The Morgan fingerprint density at radius 1 is 1.43 bits per heavy atom. The van der Waals surface area contributed by atoms with Crippen LogP contribution >= 0.6 is 0 Å². The van der Waals surface area contributed by atoms with Gasteiger partial charge in [0.15, 0.2) is 9.84 Å². The van der Waals surface area contributed by atoms with E-state index in [2.05, 4.69) is 11.3 Å². The van der Waals surface area contributed by atoms with Crippen molar-refractivity contribution < 1.29 is 17.9 Å². The summed E-state index contributed by atoms with van der Waals surface area (Å²) in [4.78, 5) is 11.0. The van der Waals surface area contributed by atoms with Crippen molar-refractivity contribution in [3.8, 4) is 0 Å². The number of sulfone groups is 1. The van der Waals surface area contributed by atoms with Crippen molar-refractivity contribution in [3.05, 3.63) is 12.7 Å². The Morgan fingerprint density at radius 2 is 1.93 bits per heavy atom. The zero-order chi connectivity index (χ0) is 11.4. The molecular formula is C9H16O4S. The number of rotatable bonds is 4. The minimum atomic E-state index is -3.44. The van der Waals surface area contributed by atoms with Gasteiger partial charge in [-0.2, -0.15) is 0 Å². The van der Waals surface area contributed by atoms with Crippen LogP contribution in [0.1, 0.15) is 20.8 Å². The van der Waals surface area contributed by atoms with Crippen LogP contribution in [0.3, 0.4) is 0 Å². The molecule has 0 aromatic carbocycles. The Kier molecular flexibility index (Phi) is 4.32. The van der Waals surface area contributed by atoms with Gasteiger partial charge in [0.2, 0.25) is 0 Å². The fraction of sp³-hybridized carbons (Fsp3) is 0.667. The summed E-state index contributed by atoms with van der Waals surface area (Å²) in [6, 6.07) is 0. The first-order valence-electron chi connectivity index (χ1n) is 4.19. The quantitative estimate of drug-likeness (QED) is 0.522. The van der Waals surface area contributed by atoms with E-state index in [1.54, 1.807) is 20.8 Å². The molecule has 0 unspecified atom stereocenters. The van der Waals surface area contributed by atoms with E-state index in [0.717, 1.165) is 0 Å². The minimum absolute atomic E-state index is 0.0402. The van der Waals surface area contributed by atoms with E-state index in [0.29, 0.717) is 0 Å². The molecule has 0 N–H and O–H groups in total. The molecule has 0 spiro atoms. The van der Waals surface area contributed by atoms with Crippen LogP contribution in [0.2, 0.25) is 0 Å². The highest BCUT2D eigenvalue weighted by Crippen LogP contribution is 2.15. The summed E-state index contributed by atoms with van der Waals surface area (Å²) in [6.07, 6.45) is 1.39. The lowest BCUT2D eigenvalue weighted by atomic mass is 10.3. The predicted octanol–water partition coefficient (Wildman–Crippen LogP) is 0.929. The Labute approximate surface area is 84.9 Å². The van der Waals surface area contributed by atoms with Crippen molar-refractivity contribution in [2.45, 2.75) is 25.5 Å². The largest absolute Gasteiger partial charge is 0.461 e. The molecule has 82 valence electrons. The molecule has 0 heterocycles. The Bertz CT molecular complexity index is 308. The van der Waals surface area contributed by atoms with Gasteiger partial charge in [-0.1, -0.05) is 12.7 Å². The molecule has 5 heteroatoms. The van der Waals surface area contributed by atoms with Crippen LogP contribution in [0.15, 0.2) is 12.7 Å². The van der Waals surface area contributed by atoms with Gasteiger partial charge in [0.25, 0.3) is 0 Å². The maximum absolute atomic E-state index is 11.5. The normalized spacial score (nSPS) is 12.2. The van der Waals surface area contributed by atoms with Gasteiger partial charge >= 0.3 is 5.97 Å². The van der Waals surface area contributed by atoms with Crippen LogP contribution in [0.25, 0.3) is 0 Å². The number of hydrogen-bond acceptors (Lipinski definition) is 4. The van der Waals surface area contributed by atoms with Gasteiger partial charge in [-0.25, -0.2) is 8.42 Å². The van der Waals surface area contributed by atoms with Gasteiger partial charge in [-0.05, 0) is 20.8 Å². The average Bonchev–Trinajstić information content (AvgIpc) is 1.97. The van der Waals surface area contributed by atoms with Crippen LogP contribution in [0.5, 0.6) is 0 Å². The highest BCUT2D eigenvalue weighted by atomic mass is 32.2. The van der Waals surface area contributed by atoms with Gasteiger partial charge in [0, 0.05) is 0 Å². The molecule has 4 nitrogen and oxygen atoms in total. The molecular weight excluding hydrogens is 204 g/mol. The maximum atomic E-state index is 11.5. The third-order valence-corrected chi connectivity index (χ3v) is 4.08. The van der Waals surface area contributed by atoms with E-state index < -0.39 is 26.3 Å². The topological polar surface area (TPSA) is 60.4 Å². The first-order chi connectivity index (χ1) is 6.20. The van der Waals surface area contributed by atoms with Gasteiger partial charge in [-0.15, -0.1) is 0 Å². The second kappa shape index (κ2) is 4.59. The summed E-state index contributed by atoms with van der Waals surface area (Å²) < 4.78 is 26.7. The summed E-state index contributed by atoms with van der Waals surface area (Å²) in [5, 5.41) is 0. The van der Waals surface area contributed by atoms with Gasteiger partial charge in [0.05, 0.1) is 4.75 Å². The summed E-state index contributed by atoms with van der Waals surface area (Å²) in [7, 11) is -3.44. The third kappa shape index (κ3) is 3.91. The SMILES string of the molecule is C=CCOC(=O)CS(=O)(=O)C(C)(C)C. The number of esters is 1. The van der Waals surface area contributed by atoms with Crippen molar-refractivity contribution in [3.63, 3.8) is 0 Å². The van der Waals surface area contributed by atoms with Crippen molar-refractivity contribution in [2.24, 2.45) is 0 Å². The number of hydrogen-bond donors (Lipinski definition) is 0. The smallest absolute Gasteiger partial charge is 0.321 e. The summed E-state index contributed by atoms with van der Waals surface area (Å²) >= 11 is 0. The van der Waals surface area contributed by atoms with E-state index in [4.69, 9.17) is 0 Å². The molecule has 0 aromatic rings. The number of carbonyl (C=O) groups is 1. The lowest BCUT2D eigenvalue weighted by Gasteiger charge is -2.18. The Hall–Kier alpha value is -0.840. The van der Waals surface area contributed by atoms with Crippen molar-refractivity contribution >= 4 is 15.8 Å². The highest BCUT2D eigenvalue weighted by molar-refractivity contribution is 7.93. The summed E-state index contributed by atoms with van der Waals surface area (Å²) in [5.74, 6) is -1.32. The molecule has 14 heavy (non-hydrogen) atoms. The van der Waals surface area contributed by atoms with E-state index in [1.807, 2.05) is 0 Å². The standard InChI is InChI=1S/C9H16O4S/c1-5-6-13-8(10)7-14(11,12)9(2,3)4/h5H,1,6-7H2,2-4H3. The minimum Gasteiger partial charge on any atom is -0.461 e. The lowest BCUT2D eigenvalue weighted by Crippen LogP contribution is -2.34. The first-order valence-corrected chi connectivity index (χ1v) is 5.85. The fourth-order valence-corrected chi connectivity index (χ4v) is 1.39. The van der Waals surface area contributed by atoms with Crippen molar-refractivity contribution in [2.75, 3.05) is 12.4 Å². The van der Waals surface area contributed by atoms with E-state index in [-0.39, 0.29) is 6.61 Å². The van der Waals surface area contributed by atoms with Crippen LogP contribution < -0.4 is 0 Å². The van der Waals surface area contributed by atoms with Crippen LogP contribution in [0, 0.1) is 0 Å². The van der Waals surface area contributed by atoms with Crippen molar-refractivity contribution in [1.29, 1.82) is 0 Å². The number of carbonyl (C=O) groups excluding carboxylic acids is 1. The van der Waals surface area contributed by atoms with Crippen molar-refractivity contribution in [1.82, 2.24) is 0 Å².